The Morgan fingerprint density at radius 2 is 1.36 bits per heavy atom. The van der Waals surface area contributed by atoms with Gasteiger partial charge in [-0.15, -0.1) is 11.8 Å². The van der Waals surface area contributed by atoms with Crippen LogP contribution in [0.5, 0.6) is 0 Å². The third kappa shape index (κ3) is 3.57. The zero-order valence-electron chi connectivity index (χ0n) is 14.2. The minimum Gasteiger partial charge on any atom is -0.122 e. The summed E-state index contributed by atoms with van der Waals surface area (Å²) < 4.78 is 0.0812. The summed E-state index contributed by atoms with van der Waals surface area (Å²) in [7, 11) is 0. The van der Waals surface area contributed by atoms with Crippen molar-refractivity contribution >= 4 is 11.8 Å². The van der Waals surface area contributed by atoms with Crippen LogP contribution in [0.1, 0.15) is 29.0 Å². The molecule has 3 aromatic rings. The Morgan fingerprint density at radius 3 is 2.04 bits per heavy atom. The van der Waals surface area contributed by atoms with Gasteiger partial charge in [0.2, 0.25) is 0 Å². The highest BCUT2D eigenvalue weighted by Gasteiger charge is 2.37. The maximum atomic E-state index is 2.37. The molecule has 3 aromatic carbocycles. The van der Waals surface area contributed by atoms with Gasteiger partial charge in [0.25, 0.3) is 0 Å². The molecule has 25 heavy (non-hydrogen) atoms. The van der Waals surface area contributed by atoms with Gasteiger partial charge in [-0.25, -0.2) is 0 Å². The van der Waals surface area contributed by atoms with Crippen LogP contribution in [-0.2, 0) is 11.2 Å². The van der Waals surface area contributed by atoms with Crippen molar-refractivity contribution in [2.45, 2.75) is 23.5 Å². The monoisotopic (exact) mass is 342 g/mol. The van der Waals surface area contributed by atoms with Gasteiger partial charge in [-0.1, -0.05) is 97.1 Å². The predicted octanol–water partition coefficient (Wildman–Crippen LogP) is 6.56. The molecule has 0 radical (unpaired) electrons. The SMILES string of the molecule is C1=C[C@@H](c2ccccc2)C[C@](Cc2ccccc2)(c2ccccc2)S1. The molecule has 0 fully saturated rings. The minimum atomic E-state index is 0.0812. The molecule has 0 amide bonds. The Hall–Kier alpha value is -2.25. The van der Waals surface area contributed by atoms with E-state index in [1.807, 2.05) is 11.8 Å². The molecule has 1 heteroatoms. The summed E-state index contributed by atoms with van der Waals surface area (Å²) in [6, 6.07) is 32.8. The number of allylic oxidation sites excluding steroid dienone is 1. The number of benzene rings is 3. The Balaban J connectivity index is 1.72. The first kappa shape index (κ1) is 16.2. The molecular weight excluding hydrogens is 320 g/mol. The number of hydrogen-bond donors (Lipinski definition) is 0. The molecule has 0 aromatic heterocycles. The van der Waals surface area contributed by atoms with Crippen LogP contribution in [0.25, 0.3) is 0 Å². The molecular formula is C24H22S. The quantitative estimate of drug-likeness (QED) is 0.517. The van der Waals surface area contributed by atoms with Crippen LogP contribution in [-0.4, -0.2) is 0 Å². The zero-order valence-corrected chi connectivity index (χ0v) is 15.0. The van der Waals surface area contributed by atoms with E-state index >= 15 is 0 Å². The summed E-state index contributed by atoms with van der Waals surface area (Å²) >= 11 is 1.98. The summed E-state index contributed by atoms with van der Waals surface area (Å²) in [5.74, 6) is 0.464. The molecule has 1 aliphatic rings. The lowest BCUT2D eigenvalue weighted by Crippen LogP contribution is -2.28. The van der Waals surface area contributed by atoms with Crippen LogP contribution in [0.15, 0.2) is 102 Å². The summed E-state index contributed by atoms with van der Waals surface area (Å²) in [5, 5.41) is 2.32. The van der Waals surface area contributed by atoms with Gasteiger partial charge in [-0.05, 0) is 34.9 Å². The Morgan fingerprint density at radius 1 is 0.760 bits per heavy atom. The predicted molar refractivity (Wildman–Crippen MR) is 109 cm³/mol. The summed E-state index contributed by atoms with van der Waals surface area (Å²) in [6.45, 7) is 0. The highest BCUT2D eigenvalue weighted by Crippen LogP contribution is 2.50. The van der Waals surface area contributed by atoms with E-state index in [4.69, 9.17) is 0 Å². The van der Waals surface area contributed by atoms with E-state index in [9.17, 15) is 0 Å². The van der Waals surface area contributed by atoms with Crippen LogP contribution in [0.4, 0.5) is 0 Å². The number of thioether (sulfide) groups is 1. The molecule has 0 spiro atoms. The standard InChI is InChI=1S/C24H22S/c1-4-10-20(11-5-1)18-24(23-14-8-3-9-15-23)19-22(16-17-25-24)21-12-6-2-7-13-21/h1-17,22H,18-19H2/t22-,24-/m1/s1. The maximum absolute atomic E-state index is 2.37. The van der Waals surface area contributed by atoms with Crippen molar-refractivity contribution in [3.63, 3.8) is 0 Å². The van der Waals surface area contributed by atoms with E-state index in [0.717, 1.165) is 12.8 Å². The second-order valence-electron chi connectivity index (χ2n) is 6.69. The van der Waals surface area contributed by atoms with Crippen LogP contribution in [0.2, 0.25) is 0 Å². The van der Waals surface area contributed by atoms with Gasteiger partial charge in [-0.2, -0.15) is 0 Å². The van der Waals surface area contributed by atoms with Gasteiger partial charge in [0.15, 0.2) is 0 Å². The molecule has 0 bridgehead atoms. The topological polar surface area (TPSA) is 0 Å². The van der Waals surface area contributed by atoms with E-state index in [1.54, 1.807) is 0 Å². The molecule has 2 atom stereocenters. The largest absolute Gasteiger partial charge is 0.122 e. The van der Waals surface area contributed by atoms with Crippen molar-refractivity contribution in [2.75, 3.05) is 0 Å². The van der Waals surface area contributed by atoms with Crippen molar-refractivity contribution in [3.8, 4) is 0 Å². The summed E-state index contributed by atoms with van der Waals surface area (Å²) in [4.78, 5) is 0. The molecule has 0 saturated heterocycles. The lowest BCUT2D eigenvalue weighted by atomic mass is 9.80. The second-order valence-corrected chi connectivity index (χ2v) is 7.98. The Labute approximate surface area is 154 Å². The van der Waals surface area contributed by atoms with Gasteiger partial charge < -0.3 is 0 Å². The molecule has 0 aliphatic carbocycles. The first-order valence-electron chi connectivity index (χ1n) is 8.85. The van der Waals surface area contributed by atoms with E-state index in [1.165, 1.54) is 16.7 Å². The van der Waals surface area contributed by atoms with Crippen molar-refractivity contribution in [3.05, 3.63) is 119 Å². The van der Waals surface area contributed by atoms with Gasteiger partial charge in [0, 0.05) is 10.7 Å². The lowest BCUT2D eigenvalue weighted by molar-refractivity contribution is 0.529. The van der Waals surface area contributed by atoms with Gasteiger partial charge >= 0.3 is 0 Å². The number of rotatable bonds is 4. The summed E-state index contributed by atoms with van der Waals surface area (Å²) in [5.41, 5.74) is 4.24. The molecule has 0 N–H and O–H groups in total. The van der Waals surface area contributed by atoms with Gasteiger partial charge in [0.1, 0.15) is 0 Å². The average molecular weight is 343 g/mol. The molecule has 1 aliphatic heterocycles. The Bertz CT molecular complexity index is 824. The van der Waals surface area contributed by atoms with Crippen molar-refractivity contribution < 1.29 is 0 Å². The van der Waals surface area contributed by atoms with Crippen LogP contribution >= 0.6 is 11.8 Å². The minimum absolute atomic E-state index is 0.0812. The molecule has 1 heterocycles. The zero-order chi connectivity index (χ0) is 17.0. The van der Waals surface area contributed by atoms with E-state index in [0.29, 0.717) is 5.92 Å². The van der Waals surface area contributed by atoms with Crippen molar-refractivity contribution in [2.24, 2.45) is 0 Å². The summed E-state index contributed by atoms with van der Waals surface area (Å²) in [6.07, 6.45) is 4.54. The maximum Gasteiger partial charge on any atom is 0.0498 e. The van der Waals surface area contributed by atoms with E-state index in [-0.39, 0.29) is 4.75 Å². The van der Waals surface area contributed by atoms with E-state index in [2.05, 4.69) is 102 Å². The van der Waals surface area contributed by atoms with Gasteiger partial charge in [0.05, 0.1) is 0 Å². The average Bonchev–Trinajstić information content (AvgIpc) is 2.70. The van der Waals surface area contributed by atoms with Gasteiger partial charge in [-0.3, -0.25) is 0 Å². The van der Waals surface area contributed by atoms with E-state index < -0.39 is 0 Å². The smallest absolute Gasteiger partial charge is 0.0498 e. The number of hydrogen-bond acceptors (Lipinski definition) is 1. The fourth-order valence-electron chi connectivity index (χ4n) is 3.73. The fourth-order valence-corrected chi connectivity index (χ4v) is 5.06. The molecule has 0 unspecified atom stereocenters. The third-order valence-corrected chi connectivity index (χ3v) is 6.31. The van der Waals surface area contributed by atoms with Crippen LogP contribution < -0.4 is 0 Å². The molecule has 4 rings (SSSR count). The highest BCUT2D eigenvalue weighted by molar-refractivity contribution is 8.03. The normalized spacial score (nSPS) is 22.6. The van der Waals surface area contributed by atoms with Crippen molar-refractivity contribution in [1.29, 1.82) is 0 Å². The Kier molecular flexibility index (Phi) is 4.76. The highest BCUT2D eigenvalue weighted by atomic mass is 32.2. The second kappa shape index (κ2) is 7.33. The first-order chi connectivity index (χ1) is 12.4. The molecule has 124 valence electrons. The van der Waals surface area contributed by atoms with Crippen molar-refractivity contribution in [1.82, 2.24) is 0 Å². The third-order valence-electron chi connectivity index (χ3n) is 5.01. The van der Waals surface area contributed by atoms with Crippen LogP contribution in [0, 0.1) is 0 Å². The molecule has 0 saturated carbocycles. The van der Waals surface area contributed by atoms with Crippen LogP contribution in [0.3, 0.4) is 0 Å². The fraction of sp³-hybridized carbons (Fsp3) is 0.167. The molecule has 0 nitrogen and oxygen atoms in total. The first-order valence-corrected chi connectivity index (χ1v) is 9.73. The lowest BCUT2D eigenvalue weighted by Gasteiger charge is -2.38.